The van der Waals surface area contributed by atoms with Gasteiger partial charge in [0.1, 0.15) is 0 Å². The van der Waals surface area contributed by atoms with E-state index < -0.39 is 9.84 Å². The monoisotopic (exact) mass is 571 g/mol. The van der Waals surface area contributed by atoms with E-state index in [1.807, 2.05) is 49.4 Å². The van der Waals surface area contributed by atoms with E-state index in [2.05, 4.69) is 15.4 Å². The molecule has 9 heteroatoms. The number of aryl methyl sites for hydroxylation is 1. The Bertz CT molecular complexity index is 1400. The fraction of sp³-hybridized carbons (Fsp3) is 0.467. The van der Waals surface area contributed by atoms with Crippen LogP contribution < -0.4 is 5.32 Å². The molecule has 0 atom stereocenters. The van der Waals surface area contributed by atoms with Gasteiger partial charge in [0.05, 0.1) is 10.6 Å². The first kappa shape index (κ1) is 29.3. The highest BCUT2D eigenvalue weighted by Crippen LogP contribution is 2.28. The van der Waals surface area contributed by atoms with Gasteiger partial charge in [-0.15, -0.1) is 12.4 Å². The maximum Gasteiger partial charge on any atom is 0.251 e. The number of rotatable bonds is 7. The third kappa shape index (κ3) is 7.50. The minimum atomic E-state index is -3.17. The molecule has 1 aliphatic carbocycles. The Morgan fingerprint density at radius 3 is 2.46 bits per heavy atom. The molecule has 1 fully saturated rings. The van der Waals surface area contributed by atoms with Crippen LogP contribution in [-0.4, -0.2) is 56.3 Å². The van der Waals surface area contributed by atoms with Gasteiger partial charge in [-0.25, -0.2) is 8.42 Å². The lowest BCUT2D eigenvalue weighted by Gasteiger charge is -2.30. The van der Waals surface area contributed by atoms with Crippen LogP contribution in [0.5, 0.6) is 0 Å². The summed E-state index contributed by atoms with van der Waals surface area (Å²) in [5, 5.41) is 7.18. The number of aromatic nitrogens is 1. The van der Waals surface area contributed by atoms with Crippen molar-refractivity contribution in [1.82, 2.24) is 15.4 Å². The third-order valence-corrected chi connectivity index (χ3v) is 9.18. The lowest BCUT2D eigenvalue weighted by atomic mass is 9.84. The lowest BCUT2D eigenvalue weighted by Crippen LogP contribution is -2.38. The van der Waals surface area contributed by atoms with Gasteiger partial charge in [0.25, 0.3) is 5.91 Å². The van der Waals surface area contributed by atoms with Crippen LogP contribution in [-0.2, 0) is 22.7 Å². The van der Waals surface area contributed by atoms with E-state index in [4.69, 9.17) is 4.52 Å². The van der Waals surface area contributed by atoms with Crippen molar-refractivity contribution in [1.29, 1.82) is 0 Å². The van der Waals surface area contributed by atoms with Gasteiger partial charge in [-0.3, -0.25) is 4.79 Å². The molecular formula is C30H38ClN3O4S. The number of nitrogens with zero attached hydrogens (tertiary/aromatic N) is 2. The summed E-state index contributed by atoms with van der Waals surface area (Å²) in [5.41, 5.74) is 4.76. The van der Waals surface area contributed by atoms with Crippen molar-refractivity contribution in [3.63, 3.8) is 0 Å². The minimum Gasteiger partial charge on any atom is -0.356 e. The number of sulfone groups is 1. The van der Waals surface area contributed by atoms with Gasteiger partial charge in [0.2, 0.25) is 0 Å². The van der Waals surface area contributed by atoms with Gasteiger partial charge in [-0.1, -0.05) is 23.4 Å². The van der Waals surface area contributed by atoms with Gasteiger partial charge >= 0.3 is 0 Å². The largest absolute Gasteiger partial charge is 0.356 e. The zero-order valence-electron chi connectivity index (χ0n) is 22.7. The first-order valence-electron chi connectivity index (χ1n) is 13.6. The van der Waals surface area contributed by atoms with Crippen molar-refractivity contribution >= 4 is 28.2 Å². The van der Waals surface area contributed by atoms with Gasteiger partial charge in [0.15, 0.2) is 15.6 Å². The quantitative estimate of drug-likeness (QED) is 0.416. The Balaban J connectivity index is 0.00000353. The van der Waals surface area contributed by atoms with Crippen LogP contribution >= 0.6 is 12.4 Å². The minimum absolute atomic E-state index is 0. The normalized spacial score (nSPS) is 19.9. The first-order valence-corrected chi connectivity index (χ1v) is 15.5. The molecule has 0 radical (unpaired) electrons. The molecule has 1 saturated carbocycles. The Morgan fingerprint density at radius 2 is 1.77 bits per heavy atom. The number of benzene rings is 2. The average Bonchev–Trinajstić information content (AvgIpc) is 3.24. The molecule has 7 nitrogen and oxygen atoms in total. The fourth-order valence-electron chi connectivity index (χ4n) is 5.74. The molecule has 1 amide bonds. The second-order valence-corrected chi connectivity index (χ2v) is 13.0. The van der Waals surface area contributed by atoms with Crippen molar-refractivity contribution in [3.8, 4) is 11.3 Å². The van der Waals surface area contributed by atoms with E-state index in [0.717, 1.165) is 69.4 Å². The average molecular weight is 572 g/mol. The first-order chi connectivity index (χ1) is 18.2. The zero-order chi connectivity index (χ0) is 26.7. The summed E-state index contributed by atoms with van der Waals surface area (Å²) in [7, 11) is -3.17. The Labute approximate surface area is 237 Å². The summed E-state index contributed by atoms with van der Waals surface area (Å²) in [5.74, 6) is 1.32. The number of fused-ring (bicyclic) bond motifs is 1. The van der Waals surface area contributed by atoms with Crippen molar-refractivity contribution in [2.45, 2.75) is 62.8 Å². The molecule has 0 bridgehead atoms. The molecule has 0 unspecified atom stereocenters. The third-order valence-electron chi connectivity index (χ3n) is 8.07. The van der Waals surface area contributed by atoms with E-state index in [0.29, 0.717) is 22.1 Å². The predicted molar refractivity (Wildman–Crippen MR) is 155 cm³/mol. The van der Waals surface area contributed by atoms with Crippen LogP contribution in [0.1, 0.15) is 59.3 Å². The van der Waals surface area contributed by atoms with Crippen molar-refractivity contribution < 1.29 is 17.7 Å². The molecular weight excluding hydrogens is 534 g/mol. The van der Waals surface area contributed by atoms with Crippen LogP contribution in [0.25, 0.3) is 11.3 Å². The van der Waals surface area contributed by atoms with Crippen LogP contribution in [0.2, 0.25) is 0 Å². The van der Waals surface area contributed by atoms with Gasteiger partial charge in [-0.05, 0) is 99.7 Å². The Hall–Kier alpha value is -2.68. The number of amides is 1. The molecule has 39 heavy (non-hydrogen) atoms. The Morgan fingerprint density at radius 1 is 1.03 bits per heavy atom. The number of hydrogen-bond acceptors (Lipinski definition) is 6. The maximum atomic E-state index is 12.9. The summed E-state index contributed by atoms with van der Waals surface area (Å²) in [6.07, 6.45) is 8.60. The second-order valence-electron chi connectivity index (χ2n) is 10.9. The van der Waals surface area contributed by atoms with Crippen molar-refractivity contribution in [3.05, 3.63) is 70.9 Å². The van der Waals surface area contributed by atoms with E-state index in [-0.39, 0.29) is 24.4 Å². The summed E-state index contributed by atoms with van der Waals surface area (Å²) in [6.45, 7) is 4.94. The summed E-state index contributed by atoms with van der Waals surface area (Å²) < 4.78 is 29.2. The van der Waals surface area contributed by atoms with Crippen LogP contribution in [0.3, 0.4) is 0 Å². The second kappa shape index (κ2) is 12.7. The molecule has 2 heterocycles. The van der Waals surface area contributed by atoms with E-state index >= 15 is 0 Å². The number of carbonyl (C=O) groups excluding carboxylic acids is 1. The van der Waals surface area contributed by atoms with Crippen LogP contribution in [0.4, 0.5) is 0 Å². The maximum absolute atomic E-state index is 12.9. The highest BCUT2D eigenvalue weighted by atomic mass is 35.5. The molecule has 2 aliphatic rings. The number of hydrogen-bond donors (Lipinski definition) is 1. The van der Waals surface area contributed by atoms with Gasteiger partial charge < -0.3 is 14.7 Å². The topological polar surface area (TPSA) is 92.5 Å². The molecule has 1 aromatic heterocycles. The molecule has 0 spiro atoms. The summed E-state index contributed by atoms with van der Waals surface area (Å²) >= 11 is 0. The van der Waals surface area contributed by atoms with Crippen LogP contribution in [0.15, 0.2) is 57.9 Å². The summed E-state index contributed by atoms with van der Waals surface area (Å²) in [6, 6.07) is 15.2. The van der Waals surface area contributed by atoms with Crippen molar-refractivity contribution in [2.75, 3.05) is 25.9 Å². The SMILES string of the molecule is Cc1cc(-c2cccc(C(=O)NC3CCC(CCN4CCc5ccc(S(C)(=O)=O)cc5CC4)CC3)c2)on1.Cl. The van der Waals surface area contributed by atoms with Crippen LogP contribution in [0, 0.1) is 12.8 Å². The summed E-state index contributed by atoms with van der Waals surface area (Å²) in [4.78, 5) is 15.9. The van der Waals surface area contributed by atoms with Gasteiger partial charge in [-0.2, -0.15) is 0 Å². The molecule has 1 aliphatic heterocycles. The number of carbonyl (C=O) groups is 1. The highest BCUT2D eigenvalue weighted by Gasteiger charge is 2.24. The molecule has 3 aromatic rings. The molecule has 0 saturated heterocycles. The van der Waals surface area contributed by atoms with E-state index in [9.17, 15) is 13.2 Å². The van der Waals surface area contributed by atoms with E-state index in [1.54, 1.807) is 6.07 Å². The van der Waals surface area contributed by atoms with Gasteiger partial charge in [0, 0.05) is 42.6 Å². The van der Waals surface area contributed by atoms with E-state index in [1.165, 1.54) is 23.8 Å². The lowest BCUT2D eigenvalue weighted by molar-refractivity contribution is 0.0920. The molecule has 210 valence electrons. The predicted octanol–water partition coefficient (Wildman–Crippen LogP) is 5.25. The zero-order valence-corrected chi connectivity index (χ0v) is 24.3. The Kier molecular flexibility index (Phi) is 9.51. The van der Waals surface area contributed by atoms with Crippen molar-refractivity contribution in [2.24, 2.45) is 5.92 Å². The number of nitrogens with one attached hydrogen (secondary N) is 1. The molecule has 2 aromatic carbocycles. The smallest absolute Gasteiger partial charge is 0.251 e. The fourth-order valence-corrected chi connectivity index (χ4v) is 6.42. The number of halogens is 1. The standard InChI is InChI=1S/C30H37N3O4S.ClH/c1-21-18-29(37-32-21)25-4-3-5-26(19-25)30(34)31-27-9-6-22(7-10-27)12-15-33-16-13-23-8-11-28(38(2,35)36)20-24(23)14-17-33;/h3-5,8,11,18-20,22,27H,6-7,9-10,12-17H2,1-2H3,(H,31,34);1H. The molecule has 1 N–H and O–H groups in total. The molecule has 5 rings (SSSR count). The highest BCUT2D eigenvalue weighted by molar-refractivity contribution is 7.90.